The molecule has 164 valence electrons. The van der Waals surface area contributed by atoms with Crippen molar-refractivity contribution in [1.29, 1.82) is 0 Å². The van der Waals surface area contributed by atoms with Gasteiger partial charge in [-0.25, -0.2) is 23.1 Å². The third kappa shape index (κ3) is 4.36. The normalized spacial score (nSPS) is 11.4. The van der Waals surface area contributed by atoms with E-state index >= 15 is 0 Å². The molecule has 1 N–H and O–H groups in total. The summed E-state index contributed by atoms with van der Waals surface area (Å²) >= 11 is 0. The number of anilines is 1. The molecule has 0 atom stereocenters. The molecular formula is C24H24N4O3S. The van der Waals surface area contributed by atoms with Crippen molar-refractivity contribution in [3.8, 4) is 22.7 Å². The molecule has 0 unspecified atom stereocenters. The van der Waals surface area contributed by atoms with E-state index in [1.54, 1.807) is 51.3 Å². The molecule has 4 aromatic rings. The van der Waals surface area contributed by atoms with Crippen LogP contribution in [0, 0.1) is 20.8 Å². The van der Waals surface area contributed by atoms with E-state index in [1.807, 2.05) is 43.3 Å². The lowest BCUT2D eigenvalue weighted by atomic mass is 10.1. The molecular weight excluding hydrogens is 424 g/mol. The molecule has 4 rings (SSSR count). The first kappa shape index (κ1) is 21.6. The molecule has 2 aromatic heterocycles. The summed E-state index contributed by atoms with van der Waals surface area (Å²) in [7, 11) is -2.17. The van der Waals surface area contributed by atoms with Crippen molar-refractivity contribution >= 4 is 16.0 Å². The number of hydrogen-bond donors (Lipinski definition) is 1. The summed E-state index contributed by atoms with van der Waals surface area (Å²) in [5.74, 6) is 0.855. The van der Waals surface area contributed by atoms with Crippen LogP contribution in [0.4, 0.5) is 5.95 Å². The summed E-state index contributed by atoms with van der Waals surface area (Å²) in [6.07, 6.45) is 0. The summed E-state index contributed by atoms with van der Waals surface area (Å²) in [5.41, 5.74) is 5.32. The third-order valence-corrected chi connectivity index (χ3v) is 6.42. The summed E-state index contributed by atoms with van der Waals surface area (Å²) in [6.45, 7) is 5.60. The maximum atomic E-state index is 12.8. The topological polar surface area (TPSA) is 86.1 Å². The fraction of sp³-hybridized carbons (Fsp3) is 0.167. The first-order chi connectivity index (χ1) is 15.3. The van der Waals surface area contributed by atoms with E-state index in [9.17, 15) is 8.42 Å². The third-order valence-electron chi connectivity index (χ3n) is 5.07. The first-order valence-electron chi connectivity index (χ1n) is 10.0. The Hall–Kier alpha value is -3.65. The predicted molar refractivity (Wildman–Crippen MR) is 125 cm³/mol. The van der Waals surface area contributed by atoms with Gasteiger partial charge in [-0.3, -0.25) is 0 Å². The first-order valence-corrected chi connectivity index (χ1v) is 11.5. The van der Waals surface area contributed by atoms with E-state index in [1.165, 1.54) is 0 Å². The lowest BCUT2D eigenvalue weighted by molar-refractivity contribution is 0.415. The van der Waals surface area contributed by atoms with Gasteiger partial charge in [0.25, 0.3) is 10.0 Å². The van der Waals surface area contributed by atoms with E-state index in [-0.39, 0.29) is 10.8 Å². The van der Waals surface area contributed by atoms with Crippen LogP contribution in [0.5, 0.6) is 5.75 Å². The van der Waals surface area contributed by atoms with Gasteiger partial charge in [-0.1, -0.05) is 0 Å². The molecule has 8 heteroatoms. The molecule has 0 saturated heterocycles. The average Bonchev–Trinajstić information content (AvgIpc) is 3.14. The van der Waals surface area contributed by atoms with Crippen LogP contribution in [0.15, 0.2) is 71.6 Å². The van der Waals surface area contributed by atoms with Crippen molar-refractivity contribution < 1.29 is 13.2 Å². The van der Waals surface area contributed by atoms with Crippen LogP contribution in [-0.2, 0) is 10.0 Å². The quantitative estimate of drug-likeness (QED) is 0.463. The molecule has 7 nitrogen and oxygen atoms in total. The van der Waals surface area contributed by atoms with Crippen LogP contribution >= 0.6 is 0 Å². The number of aryl methyl sites for hydroxylation is 3. The Bertz CT molecular complexity index is 1340. The minimum Gasteiger partial charge on any atom is -0.497 e. The number of sulfonamides is 1. The molecule has 2 heterocycles. The summed E-state index contributed by atoms with van der Waals surface area (Å²) in [6, 6.07) is 20.4. The van der Waals surface area contributed by atoms with Gasteiger partial charge in [-0.2, -0.15) is 0 Å². The highest BCUT2D eigenvalue weighted by Gasteiger charge is 2.17. The fourth-order valence-corrected chi connectivity index (χ4v) is 4.54. The van der Waals surface area contributed by atoms with Crippen molar-refractivity contribution in [2.24, 2.45) is 0 Å². The zero-order valence-corrected chi connectivity index (χ0v) is 19.1. The molecule has 0 aliphatic rings. The Labute approximate surface area is 187 Å². The molecule has 2 aromatic carbocycles. The Morgan fingerprint density at radius 1 is 0.844 bits per heavy atom. The van der Waals surface area contributed by atoms with Crippen molar-refractivity contribution in [1.82, 2.24) is 14.5 Å². The van der Waals surface area contributed by atoms with Gasteiger partial charge >= 0.3 is 0 Å². The highest BCUT2D eigenvalue weighted by molar-refractivity contribution is 7.92. The Kier molecular flexibility index (Phi) is 5.71. The Morgan fingerprint density at radius 2 is 1.47 bits per heavy atom. The van der Waals surface area contributed by atoms with E-state index in [0.29, 0.717) is 11.4 Å². The summed E-state index contributed by atoms with van der Waals surface area (Å²) < 4.78 is 35.4. The molecule has 0 spiro atoms. The van der Waals surface area contributed by atoms with E-state index in [2.05, 4.69) is 19.3 Å². The number of rotatable bonds is 6. The van der Waals surface area contributed by atoms with Crippen LogP contribution in [0.25, 0.3) is 16.9 Å². The van der Waals surface area contributed by atoms with Crippen molar-refractivity contribution in [2.75, 3.05) is 11.8 Å². The number of methoxy groups -OCH3 is 1. The molecule has 0 amide bonds. The lowest BCUT2D eigenvalue weighted by Gasteiger charge is -2.14. The van der Waals surface area contributed by atoms with E-state index < -0.39 is 10.0 Å². The van der Waals surface area contributed by atoms with Gasteiger partial charge in [0.05, 0.1) is 17.7 Å². The van der Waals surface area contributed by atoms with Gasteiger partial charge in [-0.15, -0.1) is 0 Å². The van der Waals surface area contributed by atoms with Gasteiger partial charge in [-0.05, 0) is 93.1 Å². The maximum absolute atomic E-state index is 12.8. The zero-order valence-electron chi connectivity index (χ0n) is 18.3. The average molecular weight is 449 g/mol. The number of hydrogen-bond acceptors (Lipinski definition) is 5. The summed E-state index contributed by atoms with van der Waals surface area (Å²) in [4.78, 5) is 8.45. The minimum atomic E-state index is -3.81. The SMILES string of the molecule is COc1ccc(-c2ccc(C)n2-c2ccc(S(=O)(=O)Nc3nc(C)cc(C)n3)cc2)cc1. The number of nitrogens with zero attached hydrogens (tertiary/aromatic N) is 3. The smallest absolute Gasteiger partial charge is 0.264 e. The van der Waals surface area contributed by atoms with Gasteiger partial charge in [0.1, 0.15) is 5.75 Å². The highest BCUT2D eigenvalue weighted by atomic mass is 32.2. The van der Waals surface area contributed by atoms with Crippen molar-refractivity contribution in [3.05, 3.63) is 83.8 Å². The standard InChI is InChI=1S/C24H24N4O3S/c1-16-15-17(2)26-24(25-16)27-32(29,30)22-12-8-20(9-13-22)28-18(3)5-14-23(28)19-6-10-21(31-4)11-7-19/h5-15H,1-4H3,(H,25,26,27). The molecule has 0 fully saturated rings. The van der Waals surface area contributed by atoms with Crippen LogP contribution in [0.3, 0.4) is 0 Å². The molecule has 0 aliphatic carbocycles. The number of ether oxygens (including phenoxy) is 1. The second-order valence-corrected chi connectivity index (χ2v) is 9.18. The molecule has 0 aliphatic heterocycles. The highest BCUT2D eigenvalue weighted by Crippen LogP contribution is 2.28. The maximum Gasteiger partial charge on any atom is 0.264 e. The Morgan fingerprint density at radius 3 is 2.06 bits per heavy atom. The van der Waals surface area contributed by atoms with Crippen LogP contribution < -0.4 is 9.46 Å². The number of aromatic nitrogens is 3. The van der Waals surface area contributed by atoms with Crippen molar-refractivity contribution in [2.45, 2.75) is 25.7 Å². The van der Waals surface area contributed by atoms with Gasteiger partial charge in [0.2, 0.25) is 5.95 Å². The monoisotopic (exact) mass is 448 g/mol. The molecule has 0 saturated carbocycles. The van der Waals surface area contributed by atoms with E-state index in [0.717, 1.165) is 28.4 Å². The molecule has 0 radical (unpaired) electrons. The second-order valence-electron chi connectivity index (χ2n) is 7.50. The van der Waals surface area contributed by atoms with Crippen LogP contribution in [-0.4, -0.2) is 30.1 Å². The predicted octanol–water partition coefficient (Wildman–Crippen LogP) is 4.67. The van der Waals surface area contributed by atoms with Crippen LogP contribution in [0.1, 0.15) is 17.1 Å². The minimum absolute atomic E-state index is 0.0645. The Balaban J connectivity index is 1.65. The second kappa shape index (κ2) is 8.47. The largest absolute Gasteiger partial charge is 0.497 e. The van der Waals surface area contributed by atoms with Gasteiger partial charge in [0, 0.05) is 22.8 Å². The van der Waals surface area contributed by atoms with Crippen LogP contribution in [0.2, 0.25) is 0 Å². The van der Waals surface area contributed by atoms with Gasteiger partial charge < -0.3 is 9.30 Å². The van der Waals surface area contributed by atoms with Crippen molar-refractivity contribution in [3.63, 3.8) is 0 Å². The molecule has 0 bridgehead atoms. The number of benzene rings is 2. The van der Waals surface area contributed by atoms with Gasteiger partial charge in [0.15, 0.2) is 0 Å². The van der Waals surface area contributed by atoms with E-state index in [4.69, 9.17) is 4.74 Å². The molecule has 32 heavy (non-hydrogen) atoms. The lowest BCUT2D eigenvalue weighted by Crippen LogP contribution is -2.15. The number of nitrogens with one attached hydrogen (secondary N) is 1. The fourth-order valence-electron chi connectivity index (χ4n) is 3.59. The summed E-state index contributed by atoms with van der Waals surface area (Å²) in [5, 5.41) is 0. The zero-order chi connectivity index (χ0) is 22.9.